The summed E-state index contributed by atoms with van der Waals surface area (Å²) < 4.78 is 16.0. The van der Waals surface area contributed by atoms with Crippen molar-refractivity contribution >= 4 is 0 Å². The van der Waals surface area contributed by atoms with E-state index in [0.29, 0.717) is 19.0 Å². The van der Waals surface area contributed by atoms with Crippen molar-refractivity contribution < 1.29 is 4.39 Å². The first-order valence-corrected chi connectivity index (χ1v) is 11.1. The smallest absolute Gasteiger partial charge is 0.130 e. The van der Waals surface area contributed by atoms with E-state index < -0.39 is 0 Å². The van der Waals surface area contributed by atoms with Crippen LogP contribution in [0.3, 0.4) is 0 Å². The highest BCUT2D eigenvalue weighted by molar-refractivity contribution is 5.77. The van der Waals surface area contributed by atoms with Gasteiger partial charge in [-0.3, -0.25) is 0 Å². The Balaban J connectivity index is 1.62. The fourth-order valence-corrected chi connectivity index (χ4v) is 5.16. The van der Waals surface area contributed by atoms with Crippen LogP contribution >= 0.6 is 0 Å². The minimum absolute atomic E-state index is 0.238. The summed E-state index contributed by atoms with van der Waals surface area (Å²) in [7, 11) is 0. The predicted molar refractivity (Wildman–Crippen MR) is 115 cm³/mol. The highest BCUT2D eigenvalue weighted by atomic mass is 19.1. The van der Waals surface area contributed by atoms with Crippen LogP contribution in [0.5, 0.6) is 0 Å². The Bertz CT molecular complexity index is 1020. The summed E-state index contributed by atoms with van der Waals surface area (Å²) >= 11 is 0. The molecule has 5 rings (SSSR count). The summed E-state index contributed by atoms with van der Waals surface area (Å²) in [5.41, 5.74) is 9.46. The Morgan fingerprint density at radius 2 is 1.83 bits per heavy atom. The lowest BCUT2D eigenvalue weighted by Gasteiger charge is -2.20. The number of aryl methyl sites for hydroxylation is 1. The van der Waals surface area contributed by atoms with E-state index in [0.717, 1.165) is 53.1 Å². The molecule has 0 radical (unpaired) electrons. The van der Waals surface area contributed by atoms with Crippen molar-refractivity contribution in [1.82, 2.24) is 19.5 Å². The molecule has 2 N–H and O–H groups in total. The first-order valence-electron chi connectivity index (χ1n) is 11.1. The van der Waals surface area contributed by atoms with Crippen LogP contribution in [0, 0.1) is 11.7 Å². The molecule has 5 nitrogen and oxygen atoms in total. The van der Waals surface area contributed by atoms with Crippen LogP contribution in [-0.2, 0) is 12.8 Å². The van der Waals surface area contributed by atoms with Gasteiger partial charge in [0, 0.05) is 30.6 Å². The number of rotatable bonds is 6. The number of nitrogens with two attached hydrogens (primary N) is 1. The molecule has 1 saturated carbocycles. The van der Waals surface area contributed by atoms with E-state index in [1.165, 1.54) is 44.2 Å². The molecule has 0 spiro atoms. The van der Waals surface area contributed by atoms with Gasteiger partial charge in [-0.25, -0.2) is 19.3 Å². The molecule has 156 valence electrons. The zero-order valence-corrected chi connectivity index (χ0v) is 17.2. The van der Waals surface area contributed by atoms with E-state index in [1.807, 2.05) is 24.4 Å². The average Bonchev–Trinajstić information content (AvgIpc) is 3.48. The number of nitrogens with zero attached hydrogens (tertiary/aromatic N) is 4. The van der Waals surface area contributed by atoms with E-state index in [2.05, 4.69) is 9.55 Å². The van der Waals surface area contributed by atoms with Crippen LogP contribution in [0.2, 0.25) is 0 Å². The summed E-state index contributed by atoms with van der Waals surface area (Å²) in [6, 6.07) is 9.03. The number of halogens is 1. The first-order chi connectivity index (χ1) is 14.7. The fraction of sp³-hybridized carbons (Fsp3) is 0.458. The van der Waals surface area contributed by atoms with E-state index in [-0.39, 0.29) is 5.82 Å². The molecule has 3 aromatic rings. The standard InChI is InChI=1S/C24H28FN5/c25-18-7-5-17(6-8-18)23-24(20-12-14-27-21(28-20)11-13-26)30-19(9-10-22(30)29-23)15-16-3-1-2-4-16/h5-8,12,14,16,19H,1-4,9-11,13,15,26H2. The number of benzene rings is 1. The third kappa shape index (κ3) is 3.65. The second kappa shape index (κ2) is 8.26. The third-order valence-corrected chi connectivity index (χ3v) is 6.56. The van der Waals surface area contributed by atoms with Crippen LogP contribution in [0.4, 0.5) is 4.39 Å². The van der Waals surface area contributed by atoms with Crippen molar-refractivity contribution in [3.63, 3.8) is 0 Å². The molecule has 3 heterocycles. The molecule has 2 aliphatic rings. The monoisotopic (exact) mass is 405 g/mol. The van der Waals surface area contributed by atoms with Crippen molar-refractivity contribution in [2.45, 2.75) is 57.4 Å². The zero-order chi connectivity index (χ0) is 20.5. The largest absolute Gasteiger partial charge is 0.330 e. The number of imidazole rings is 1. The summed E-state index contributed by atoms with van der Waals surface area (Å²) in [6.45, 7) is 0.517. The number of hydrogen-bond acceptors (Lipinski definition) is 4. The van der Waals surface area contributed by atoms with Gasteiger partial charge in [0.25, 0.3) is 0 Å². The van der Waals surface area contributed by atoms with Crippen LogP contribution < -0.4 is 5.73 Å². The van der Waals surface area contributed by atoms with E-state index in [1.54, 1.807) is 0 Å². The zero-order valence-electron chi connectivity index (χ0n) is 17.2. The number of aromatic nitrogens is 4. The second-order valence-corrected chi connectivity index (χ2v) is 8.58. The molecular formula is C24H28FN5. The summed E-state index contributed by atoms with van der Waals surface area (Å²) in [5, 5.41) is 0. The SMILES string of the molecule is NCCc1nccc(-c2c(-c3ccc(F)cc3)nc3n2C(CC2CCCC2)CC3)n1. The van der Waals surface area contributed by atoms with Gasteiger partial charge in [0.2, 0.25) is 0 Å². The van der Waals surface area contributed by atoms with Crippen molar-refractivity contribution in [3.05, 3.63) is 54.0 Å². The maximum absolute atomic E-state index is 13.6. The Morgan fingerprint density at radius 3 is 2.60 bits per heavy atom. The normalized spacial score (nSPS) is 18.8. The highest BCUT2D eigenvalue weighted by Gasteiger charge is 2.32. The van der Waals surface area contributed by atoms with Gasteiger partial charge in [-0.15, -0.1) is 0 Å². The Labute approximate surface area is 176 Å². The van der Waals surface area contributed by atoms with Gasteiger partial charge in [-0.1, -0.05) is 25.7 Å². The van der Waals surface area contributed by atoms with Crippen molar-refractivity contribution in [2.24, 2.45) is 11.7 Å². The van der Waals surface area contributed by atoms with Crippen molar-refractivity contribution in [3.8, 4) is 22.6 Å². The lowest BCUT2D eigenvalue weighted by molar-refractivity contribution is 0.382. The Kier molecular flexibility index (Phi) is 5.34. The highest BCUT2D eigenvalue weighted by Crippen LogP contribution is 2.43. The van der Waals surface area contributed by atoms with Gasteiger partial charge in [-0.2, -0.15) is 0 Å². The number of hydrogen-bond donors (Lipinski definition) is 1. The summed E-state index contributed by atoms with van der Waals surface area (Å²) in [5.74, 6) is 2.44. The lowest BCUT2D eigenvalue weighted by atomic mass is 9.96. The van der Waals surface area contributed by atoms with Crippen LogP contribution in [0.25, 0.3) is 22.6 Å². The molecule has 0 bridgehead atoms. The van der Waals surface area contributed by atoms with Gasteiger partial charge < -0.3 is 10.3 Å². The van der Waals surface area contributed by atoms with Crippen LogP contribution in [-0.4, -0.2) is 26.1 Å². The van der Waals surface area contributed by atoms with Crippen LogP contribution in [0.1, 0.15) is 56.2 Å². The van der Waals surface area contributed by atoms with E-state index >= 15 is 0 Å². The summed E-state index contributed by atoms with van der Waals surface area (Å²) in [6.07, 6.45) is 11.2. The molecule has 1 fully saturated rings. The molecule has 1 aromatic carbocycles. The van der Waals surface area contributed by atoms with Gasteiger partial charge in [0.1, 0.15) is 17.5 Å². The van der Waals surface area contributed by atoms with Crippen molar-refractivity contribution in [2.75, 3.05) is 6.54 Å². The third-order valence-electron chi connectivity index (χ3n) is 6.56. The van der Waals surface area contributed by atoms with E-state index in [9.17, 15) is 4.39 Å². The number of fused-ring (bicyclic) bond motifs is 1. The molecule has 1 aliphatic heterocycles. The molecule has 1 atom stereocenters. The minimum atomic E-state index is -0.238. The van der Waals surface area contributed by atoms with Crippen LogP contribution in [0.15, 0.2) is 36.5 Å². The fourth-order valence-electron chi connectivity index (χ4n) is 5.16. The molecule has 0 saturated heterocycles. The molecule has 1 unspecified atom stereocenters. The summed E-state index contributed by atoms with van der Waals surface area (Å²) in [4.78, 5) is 14.2. The topological polar surface area (TPSA) is 69.6 Å². The predicted octanol–water partition coefficient (Wildman–Crippen LogP) is 4.72. The van der Waals surface area contributed by atoms with Gasteiger partial charge in [0.05, 0.1) is 17.1 Å². The molecular weight excluding hydrogens is 377 g/mol. The Morgan fingerprint density at radius 1 is 1.03 bits per heavy atom. The van der Waals surface area contributed by atoms with Crippen molar-refractivity contribution in [1.29, 1.82) is 0 Å². The van der Waals surface area contributed by atoms with Gasteiger partial charge in [0.15, 0.2) is 0 Å². The molecule has 1 aliphatic carbocycles. The maximum atomic E-state index is 13.6. The van der Waals surface area contributed by atoms with E-state index in [4.69, 9.17) is 15.7 Å². The quantitative estimate of drug-likeness (QED) is 0.644. The lowest BCUT2D eigenvalue weighted by Crippen LogP contribution is -2.12. The maximum Gasteiger partial charge on any atom is 0.130 e. The molecule has 30 heavy (non-hydrogen) atoms. The van der Waals surface area contributed by atoms with Gasteiger partial charge in [-0.05, 0) is 55.6 Å². The average molecular weight is 406 g/mol. The second-order valence-electron chi connectivity index (χ2n) is 8.58. The molecule has 2 aromatic heterocycles. The van der Waals surface area contributed by atoms with Gasteiger partial charge >= 0.3 is 0 Å². The molecule has 0 amide bonds. The first kappa shape index (κ1) is 19.4. The Hall–Kier alpha value is -2.60. The minimum Gasteiger partial charge on any atom is -0.330 e. The molecule has 6 heteroatoms.